The van der Waals surface area contributed by atoms with Gasteiger partial charge in [-0.25, -0.2) is 4.68 Å². The molecule has 154 valence electrons. The number of anilines is 1. The Morgan fingerprint density at radius 1 is 1.03 bits per heavy atom. The quantitative estimate of drug-likeness (QED) is 0.669. The largest absolute Gasteiger partial charge is 0.484 e. The Hall–Kier alpha value is -3.72. The van der Waals surface area contributed by atoms with Crippen molar-refractivity contribution < 1.29 is 19.1 Å². The van der Waals surface area contributed by atoms with E-state index >= 15 is 0 Å². The van der Waals surface area contributed by atoms with Crippen LogP contribution in [0.3, 0.4) is 0 Å². The first-order valence-electron chi connectivity index (χ1n) is 9.56. The van der Waals surface area contributed by atoms with Gasteiger partial charge in [0.15, 0.2) is 12.3 Å². The van der Waals surface area contributed by atoms with Crippen molar-refractivity contribution in [1.29, 1.82) is 0 Å². The van der Waals surface area contributed by atoms with Crippen molar-refractivity contribution in [2.24, 2.45) is 0 Å². The molecule has 0 unspecified atom stereocenters. The fourth-order valence-electron chi connectivity index (χ4n) is 2.95. The lowest BCUT2D eigenvalue weighted by molar-refractivity contribution is -0.137. The number of benzene rings is 2. The first-order chi connectivity index (χ1) is 14.7. The predicted octanol–water partition coefficient (Wildman–Crippen LogP) is 1.76. The number of para-hydroxylation sites is 1. The summed E-state index contributed by atoms with van der Waals surface area (Å²) in [6.07, 6.45) is 1.57. The van der Waals surface area contributed by atoms with Gasteiger partial charge in [-0.3, -0.25) is 9.59 Å². The van der Waals surface area contributed by atoms with Gasteiger partial charge in [-0.05, 0) is 36.4 Å². The maximum absolute atomic E-state index is 12.4. The number of carbonyl (C=O) groups is 2. The fraction of sp³-hybridized carbons (Fsp3) is 0.238. The van der Waals surface area contributed by atoms with Gasteiger partial charge in [0.1, 0.15) is 5.75 Å². The van der Waals surface area contributed by atoms with Gasteiger partial charge in [0.05, 0.1) is 25.1 Å². The van der Waals surface area contributed by atoms with Crippen LogP contribution in [-0.2, 0) is 9.53 Å². The van der Waals surface area contributed by atoms with Gasteiger partial charge >= 0.3 is 0 Å². The Morgan fingerprint density at radius 2 is 1.77 bits per heavy atom. The second kappa shape index (κ2) is 9.19. The Labute approximate surface area is 173 Å². The molecule has 2 amide bonds. The lowest BCUT2D eigenvalue weighted by Crippen LogP contribution is -2.42. The summed E-state index contributed by atoms with van der Waals surface area (Å²) in [6.45, 7) is 2.25. The van der Waals surface area contributed by atoms with Gasteiger partial charge in [-0.15, -0.1) is 5.10 Å². The molecule has 1 aliphatic rings. The molecule has 1 aliphatic heterocycles. The summed E-state index contributed by atoms with van der Waals surface area (Å²) < 4.78 is 12.3. The normalized spacial score (nSPS) is 13.7. The van der Waals surface area contributed by atoms with E-state index in [9.17, 15) is 9.59 Å². The van der Waals surface area contributed by atoms with Gasteiger partial charge in [0.25, 0.3) is 11.8 Å². The van der Waals surface area contributed by atoms with Gasteiger partial charge in [-0.1, -0.05) is 23.4 Å². The van der Waals surface area contributed by atoms with Crippen molar-refractivity contribution >= 4 is 17.5 Å². The lowest BCUT2D eigenvalue weighted by Gasteiger charge is -2.26. The van der Waals surface area contributed by atoms with Crippen LogP contribution in [0.4, 0.5) is 5.69 Å². The Balaban J connectivity index is 1.30. The molecule has 0 atom stereocenters. The van der Waals surface area contributed by atoms with E-state index in [0.717, 1.165) is 5.69 Å². The summed E-state index contributed by atoms with van der Waals surface area (Å²) in [5.74, 6) is 0.107. The first kappa shape index (κ1) is 19.6. The highest BCUT2D eigenvalue weighted by Gasteiger charge is 2.17. The highest BCUT2D eigenvalue weighted by atomic mass is 16.5. The SMILES string of the molecule is O=C(Nc1ccc(OCC(=O)N2CCOCC2)cc1)c1cn(-c2ccccc2)nn1. The van der Waals surface area contributed by atoms with Crippen molar-refractivity contribution in [3.8, 4) is 11.4 Å². The van der Waals surface area contributed by atoms with Gasteiger partial charge in [-0.2, -0.15) is 0 Å². The number of rotatable bonds is 6. The smallest absolute Gasteiger partial charge is 0.277 e. The molecule has 1 N–H and O–H groups in total. The molecule has 0 spiro atoms. The Morgan fingerprint density at radius 3 is 2.50 bits per heavy atom. The number of amides is 2. The third-order valence-corrected chi connectivity index (χ3v) is 4.59. The van der Waals surface area contributed by atoms with E-state index < -0.39 is 0 Å². The number of ether oxygens (including phenoxy) is 2. The molecule has 1 aromatic heterocycles. The van der Waals surface area contributed by atoms with E-state index in [1.165, 1.54) is 4.68 Å². The van der Waals surface area contributed by atoms with Gasteiger partial charge < -0.3 is 19.7 Å². The van der Waals surface area contributed by atoms with Crippen LogP contribution in [0.15, 0.2) is 60.8 Å². The minimum absolute atomic E-state index is 0.0334. The number of hydrogen-bond donors (Lipinski definition) is 1. The number of hydrogen-bond acceptors (Lipinski definition) is 6. The molecule has 0 aliphatic carbocycles. The van der Waals surface area contributed by atoms with Crippen LogP contribution in [0.25, 0.3) is 5.69 Å². The number of morpholine rings is 1. The number of nitrogens with one attached hydrogen (secondary N) is 1. The second-order valence-electron chi connectivity index (χ2n) is 6.64. The van der Waals surface area contributed by atoms with Gasteiger partial charge in [0.2, 0.25) is 0 Å². The standard InChI is InChI=1S/C21H21N5O4/c27-20(25-10-12-29-13-11-25)15-30-18-8-6-16(7-9-18)22-21(28)19-14-26(24-23-19)17-4-2-1-3-5-17/h1-9,14H,10-13,15H2,(H,22,28). The predicted molar refractivity (Wildman–Crippen MR) is 109 cm³/mol. The van der Waals surface area contributed by atoms with Crippen LogP contribution in [-0.4, -0.2) is 64.6 Å². The molecule has 9 nitrogen and oxygen atoms in total. The Kier molecular flexibility index (Phi) is 6.00. The zero-order valence-electron chi connectivity index (χ0n) is 16.2. The van der Waals surface area contributed by atoms with E-state index in [0.29, 0.717) is 37.7 Å². The average molecular weight is 407 g/mol. The van der Waals surface area contributed by atoms with Crippen LogP contribution >= 0.6 is 0 Å². The molecule has 9 heteroatoms. The van der Waals surface area contributed by atoms with E-state index in [1.54, 1.807) is 35.4 Å². The summed E-state index contributed by atoms with van der Waals surface area (Å²) in [5.41, 5.74) is 1.61. The van der Waals surface area contributed by atoms with E-state index in [2.05, 4.69) is 15.6 Å². The van der Waals surface area contributed by atoms with Crippen molar-refractivity contribution in [3.63, 3.8) is 0 Å². The molecule has 0 bridgehead atoms. The molecule has 0 saturated carbocycles. The summed E-state index contributed by atoms with van der Waals surface area (Å²) >= 11 is 0. The third kappa shape index (κ3) is 4.81. The zero-order chi connectivity index (χ0) is 20.8. The highest BCUT2D eigenvalue weighted by molar-refractivity contribution is 6.02. The van der Waals surface area contributed by atoms with E-state index in [4.69, 9.17) is 9.47 Å². The van der Waals surface area contributed by atoms with E-state index in [1.807, 2.05) is 30.3 Å². The Bertz CT molecular complexity index is 998. The number of aromatic nitrogens is 3. The summed E-state index contributed by atoms with van der Waals surface area (Å²) in [5, 5.41) is 10.7. The molecular formula is C21H21N5O4. The van der Waals surface area contributed by atoms with Crippen LogP contribution in [0.5, 0.6) is 5.75 Å². The zero-order valence-corrected chi connectivity index (χ0v) is 16.2. The maximum Gasteiger partial charge on any atom is 0.277 e. The number of nitrogens with zero attached hydrogens (tertiary/aromatic N) is 4. The minimum atomic E-state index is -0.367. The van der Waals surface area contributed by atoms with Gasteiger partial charge in [0, 0.05) is 18.8 Å². The molecule has 4 rings (SSSR count). The second-order valence-corrected chi connectivity index (χ2v) is 6.64. The van der Waals surface area contributed by atoms with Crippen LogP contribution in [0.2, 0.25) is 0 Å². The summed E-state index contributed by atoms with van der Waals surface area (Å²) in [4.78, 5) is 26.3. The fourth-order valence-corrected chi connectivity index (χ4v) is 2.95. The van der Waals surface area contributed by atoms with Crippen molar-refractivity contribution in [2.45, 2.75) is 0 Å². The molecule has 0 radical (unpaired) electrons. The molecule has 30 heavy (non-hydrogen) atoms. The lowest BCUT2D eigenvalue weighted by atomic mass is 10.3. The van der Waals surface area contributed by atoms with Crippen LogP contribution in [0.1, 0.15) is 10.5 Å². The molecule has 3 aromatic rings. The monoisotopic (exact) mass is 407 g/mol. The summed E-state index contributed by atoms with van der Waals surface area (Å²) in [7, 11) is 0. The van der Waals surface area contributed by atoms with Crippen molar-refractivity contribution in [3.05, 3.63) is 66.5 Å². The first-order valence-corrected chi connectivity index (χ1v) is 9.56. The highest BCUT2D eigenvalue weighted by Crippen LogP contribution is 2.17. The van der Waals surface area contributed by atoms with Crippen molar-refractivity contribution in [2.75, 3.05) is 38.2 Å². The molecule has 1 saturated heterocycles. The molecule has 1 fully saturated rings. The van der Waals surface area contributed by atoms with E-state index in [-0.39, 0.29) is 24.1 Å². The van der Waals surface area contributed by atoms with Crippen molar-refractivity contribution in [1.82, 2.24) is 19.9 Å². The third-order valence-electron chi connectivity index (χ3n) is 4.59. The molecule has 2 aromatic carbocycles. The maximum atomic E-state index is 12.4. The topological polar surface area (TPSA) is 98.6 Å². The molecule has 2 heterocycles. The minimum Gasteiger partial charge on any atom is -0.484 e. The average Bonchev–Trinajstić information content (AvgIpc) is 3.30. The molecular weight excluding hydrogens is 386 g/mol. The number of carbonyl (C=O) groups excluding carboxylic acids is 2. The van der Waals surface area contributed by atoms with Crippen LogP contribution in [0, 0.1) is 0 Å². The summed E-state index contributed by atoms with van der Waals surface area (Å²) in [6, 6.07) is 16.2. The van der Waals surface area contributed by atoms with Crippen LogP contribution < -0.4 is 10.1 Å².